The van der Waals surface area contributed by atoms with Crippen LogP contribution < -0.4 is 0 Å². The second-order valence-corrected chi connectivity index (χ2v) is 16.9. The highest BCUT2D eigenvalue weighted by Crippen LogP contribution is 2.45. The summed E-state index contributed by atoms with van der Waals surface area (Å²) >= 11 is 6.40. The summed E-state index contributed by atoms with van der Waals surface area (Å²) in [5.74, 6) is 0. The number of aryl methyl sites for hydroxylation is 1. The van der Waals surface area contributed by atoms with Gasteiger partial charge in [0.25, 0.3) is 0 Å². The van der Waals surface area contributed by atoms with Crippen LogP contribution in [0.4, 0.5) is 0 Å². The van der Waals surface area contributed by atoms with E-state index in [1.165, 1.54) is 18.5 Å². The maximum Gasteiger partial charge on any atom is 0.200 e. The van der Waals surface area contributed by atoms with Crippen molar-refractivity contribution in [3.05, 3.63) is 40.5 Å². The first-order chi connectivity index (χ1) is 15.6. The first-order valence-corrected chi connectivity index (χ1v) is 15.4. The van der Waals surface area contributed by atoms with Crippen LogP contribution in [0.2, 0.25) is 21.6 Å². The molecule has 2 aromatic rings. The van der Waals surface area contributed by atoms with Crippen LogP contribution in [0, 0.1) is 6.92 Å². The van der Waals surface area contributed by atoms with Crippen LogP contribution in [0.1, 0.15) is 78.1 Å². The van der Waals surface area contributed by atoms with Crippen molar-refractivity contribution in [1.29, 1.82) is 0 Å². The van der Waals surface area contributed by atoms with Gasteiger partial charge < -0.3 is 4.43 Å². The summed E-state index contributed by atoms with van der Waals surface area (Å²) in [6, 6.07) is 8.86. The minimum absolute atomic E-state index is 0.358. The van der Waals surface area contributed by atoms with Crippen molar-refractivity contribution in [2.24, 2.45) is 0 Å². The molecule has 0 aliphatic carbocycles. The van der Waals surface area contributed by atoms with Gasteiger partial charge in [-0.15, -0.1) is 0 Å². The standard InChI is InChI=1S/C27H42ClN3OSi/c1-18(2)33(19(3)4,20(5)6)32-22-13-15-30(17-22)26-12-9-14-31-27(26)16-25(29-31)23-10-8-11-24(28)21(23)7/h8,10-11,16,18-20,22,26H,9,12-15,17H2,1-7H3/t22-,26?/m1/s1. The predicted molar refractivity (Wildman–Crippen MR) is 141 cm³/mol. The highest BCUT2D eigenvalue weighted by atomic mass is 35.5. The Morgan fingerprint density at radius 2 is 1.73 bits per heavy atom. The van der Waals surface area contributed by atoms with Gasteiger partial charge in [-0.1, -0.05) is 65.3 Å². The number of aromatic nitrogens is 2. The SMILES string of the molecule is Cc1c(Cl)cccc1-c1cc2n(n1)CCCC2N1CC[C@@H](O[Si](C(C)C)(C(C)C)C(C)C)C1. The predicted octanol–water partition coefficient (Wildman–Crippen LogP) is 7.61. The topological polar surface area (TPSA) is 30.3 Å². The molecule has 1 aromatic heterocycles. The maximum atomic E-state index is 7.16. The molecule has 0 radical (unpaired) electrons. The van der Waals surface area contributed by atoms with Crippen LogP contribution >= 0.6 is 11.6 Å². The van der Waals surface area contributed by atoms with Crippen molar-refractivity contribution < 1.29 is 4.43 Å². The molecule has 0 saturated carbocycles. The Morgan fingerprint density at radius 3 is 2.39 bits per heavy atom. The molecule has 4 nitrogen and oxygen atoms in total. The zero-order valence-electron chi connectivity index (χ0n) is 21.6. The molecule has 0 bridgehead atoms. The minimum atomic E-state index is -1.85. The van der Waals surface area contributed by atoms with Crippen LogP contribution in [0.3, 0.4) is 0 Å². The first-order valence-electron chi connectivity index (χ1n) is 12.9. The molecule has 3 heterocycles. The zero-order valence-corrected chi connectivity index (χ0v) is 23.3. The number of halogens is 1. The van der Waals surface area contributed by atoms with Gasteiger partial charge in [0, 0.05) is 30.2 Å². The van der Waals surface area contributed by atoms with Gasteiger partial charge in [-0.05, 0) is 60.5 Å². The molecule has 2 aliphatic heterocycles. The third-order valence-electron chi connectivity index (χ3n) is 8.24. The maximum absolute atomic E-state index is 7.16. The number of benzene rings is 1. The second-order valence-electron chi connectivity index (χ2n) is 11.1. The van der Waals surface area contributed by atoms with Crippen molar-refractivity contribution >= 4 is 19.9 Å². The highest BCUT2D eigenvalue weighted by Gasteiger charge is 2.48. The fraction of sp³-hybridized carbons (Fsp3) is 0.667. The third kappa shape index (κ3) is 4.59. The van der Waals surface area contributed by atoms with E-state index in [4.69, 9.17) is 21.1 Å². The monoisotopic (exact) mass is 487 g/mol. The van der Waals surface area contributed by atoms with Gasteiger partial charge in [0.2, 0.25) is 8.32 Å². The third-order valence-corrected chi connectivity index (χ3v) is 14.8. The van der Waals surface area contributed by atoms with Gasteiger partial charge in [-0.25, -0.2) is 0 Å². The molecule has 0 amide bonds. The Morgan fingerprint density at radius 1 is 1.03 bits per heavy atom. The molecule has 33 heavy (non-hydrogen) atoms. The Bertz CT molecular complexity index is 948. The molecular formula is C27H42ClN3OSi. The number of nitrogens with zero attached hydrogens (tertiary/aromatic N) is 3. The van der Waals surface area contributed by atoms with Crippen LogP contribution in [-0.4, -0.2) is 42.2 Å². The number of hydrogen-bond acceptors (Lipinski definition) is 3. The van der Waals surface area contributed by atoms with Crippen molar-refractivity contribution in [1.82, 2.24) is 14.7 Å². The van der Waals surface area contributed by atoms with E-state index in [9.17, 15) is 0 Å². The van der Waals surface area contributed by atoms with Crippen LogP contribution in [0.15, 0.2) is 24.3 Å². The molecule has 6 heteroatoms. The number of fused-ring (bicyclic) bond motifs is 1. The average Bonchev–Trinajstić information content (AvgIpc) is 3.39. The Balaban J connectivity index is 1.54. The molecule has 4 rings (SSSR count). The number of likely N-dealkylation sites (tertiary alicyclic amines) is 1. The molecule has 0 spiro atoms. The quantitative estimate of drug-likeness (QED) is 0.376. The van der Waals surface area contributed by atoms with E-state index in [1.807, 2.05) is 12.1 Å². The fourth-order valence-electron chi connectivity index (χ4n) is 6.68. The normalized spacial score (nSPS) is 22.0. The van der Waals surface area contributed by atoms with Crippen molar-refractivity contribution in [3.63, 3.8) is 0 Å². The Hall–Kier alpha value is -1.14. The molecule has 2 atom stereocenters. The van der Waals surface area contributed by atoms with Crippen molar-refractivity contribution in [2.75, 3.05) is 13.1 Å². The van der Waals surface area contributed by atoms with Crippen LogP contribution in [-0.2, 0) is 11.0 Å². The van der Waals surface area contributed by atoms with E-state index >= 15 is 0 Å². The van der Waals surface area contributed by atoms with E-state index in [1.54, 1.807) is 0 Å². The summed E-state index contributed by atoms with van der Waals surface area (Å²) in [4.78, 5) is 2.67. The summed E-state index contributed by atoms with van der Waals surface area (Å²) in [6.07, 6.45) is 3.88. The Kier molecular flexibility index (Phi) is 7.45. The molecule has 1 fully saturated rings. The van der Waals surface area contributed by atoms with Crippen LogP contribution in [0.5, 0.6) is 0 Å². The summed E-state index contributed by atoms with van der Waals surface area (Å²) in [5.41, 5.74) is 6.56. The smallest absolute Gasteiger partial charge is 0.200 e. The molecule has 0 N–H and O–H groups in total. The fourth-order valence-corrected chi connectivity index (χ4v) is 12.4. The summed E-state index contributed by atoms with van der Waals surface area (Å²) < 4.78 is 9.40. The molecule has 1 unspecified atom stereocenters. The lowest BCUT2D eigenvalue weighted by Crippen LogP contribution is -2.50. The lowest BCUT2D eigenvalue weighted by atomic mass is 10.0. The van der Waals surface area contributed by atoms with E-state index in [2.05, 4.69) is 70.2 Å². The minimum Gasteiger partial charge on any atom is -0.412 e. The van der Waals surface area contributed by atoms with E-state index in [-0.39, 0.29) is 0 Å². The highest BCUT2D eigenvalue weighted by molar-refractivity contribution is 6.77. The summed E-state index contributed by atoms with van der Waals surface area (Å²) in [7, 11) is -1.85. The van der Waals surface area contributed by atoms with E-state index in [0.29, 0.717) is 28.8 Å². The van der Waals surface area contributed by atoms with Gasteiger partial charge >= 0.3 is 0 Å². The number of hydrogen-bond donors (Lipinski definition) is 0. The van der Waals surface area contributed by atoms with Gasteiger partial charge in [0.15, 0.2) is 0 Å². The van der Waals surface area contributed by atoms with Gasteiger partial charge in [-0.2, -0.15) is 5.10 Å². The van der Waals surface area contributed by atoms with Gasteiger partial charge in [-0.3, -0.25) is 9.58 Å². The van der Waals surface area contributed by atoms with Gasteiger partial charge in [0.05, 0.1) is 23.5 Å². The molecule has 182 valence electrons. The number of rotatable bonds is 7. The van der Waals surface area contributed by atoms with E-state index in [0.717, 1.165) is 47.9 Å². The summed E-state index contributed by atoms with van der Waals surface area (Å²) in [6.45, 7) is 19.6. The molecule has 2 aliphatic rings. The Labute approximate surface area is 206 Å². The zero-order chi connectivity index (χ0) is 23.9. The van der Waals surface area contributed by atoms with Crippen molar-refractivity contribution in [3.8, 4) is 11.3 Å². The molecule has 1 aromatic carbocycles. The lowest BCUT2D eigenvalue weighted by molar-refractivity contribution is 0.145. The van der Waals surface area contributed by atoms with E-state index < -0.39 is 8.32 Å². The molecule has 1 saturated heterocycles. The molecular weight excluding hydrogens is 446 g/mol. The second kappa shape index (κ2) is 9.85. The van der Waals surface area contributed by atoms with Crippen molar-refractivity contribution in [2.45, 2.75) is 103 Å². The van der Waals surface area contributed by atoms with Crippen LogP contribution in [0.25, 0.3) is 11.3 Å². The summed E-state index contributed by atoms with van der Waals surface area (Å²) in [5, 5.41) is 5.81. The lowest BCUT2D eigenvalue weighted by Gasteiger charge is -2.44. The first kappa shape index (κ1) is 25.0. The largest absolute Gasteiger partial charge is 0.412 e. The van der Waals surface area contributed by atoms with Gasteiger partial charge in [0.1, 0.15) is 0 Å². The average molecular weight is 488 g/mol.